The molecule has 118 valence electrons. The predicted octanol–water partition coefficient (Wildman–Crippen LogP) is 4.50. The summed E-state index contributed by atoms with van der Waals surface area (Å²) in [7, 11) is 0. The van der Waals surface area contributed by atoms with Crippen LogP contribution in [0.15, 0.2) is 22.7 Å². The van der Waals surface area contributed by atoms with Gasteiger partial charge in [0.15, 0.2) is 0 Å². The summed E-state index contributed by atoms with van der Waals surface area (Å²) in [6, 6.07) is 7.28. The zero-order valence-electron chi connectivity index (χ0n) is 14.1. The largest absolute Gasteiger partial charge is 0.361 e. The highest BCUT2D eigenvalue weighted by Gasteiger charge is 2.31. The van der Waals surface area contributed by atoms with Crippen LogP contribution in [0.25, 0.3) is 0 Å². The maximum atomic E-state index is 5.51. The van der Waals surface area contributed by atoms with Gasteiger partial charge in [-0.1, -0.05) is 30.3 Å². The van der Waals surface area contributed by atoms with Crippen LogP contribution in [0.3, 0.4) is 0 Å². The second kappa shape index (κ2) is 6.25. The summed E-state index contributed by atoms with van der Waals surface area (Å²) >= 11 is 0. The fraction of sp³-hybridized carbons (Fsp3) is 0.526. The average molecular weight is 298 g/mol. The summed E-state index contributed by atoms with van der Waals surface area (Å²) in [5.41, 5.74) is 6.55. The lowest BCUT2D eigenvalue weighted by atomic mass is 10.0. The van der Waals surface area contributed by atoms with E-state index in [0.29, 0.717) is 6.04 Å². The Kier molecular flexibility index (Phi) is 4.34. The van der Waals surface area contributed by atoms with Gasteiger partial charge in [-0.05, 0) is 56.8 Å². The van der Waals surface area contributed by atoms with Gasteiger partial charge in [0.05, 0.1) is 5.69 Å². The second-order valence-electron chi connectivity index (χ2n) is 6.51. The molecule has 1 unspecified atom stereocenters. The molecule has 0 bridgehead atoms. The molecule has 0 radical (unpaired) electrons. The number of aryl methyl sites for hydroxylation is 4. The van der Waals surface area contributed by atoms with Gasteiger partial charge in [-0.3, -0.25) is 4.90 Å². The van der Waals surface area contributed by atoms with Crippen LogP contribution in [-0.2, 0) is 13.0 Å². The monoisotopic (exact) mass is 298 g/mol. The highest BCUT2D eigenvalue weighted by molar-refractivity contribution is 5.31. The molecule has 1 aromatic heterocycles. The van der Waals surface area contributed by atoms with Gasteiger partial charge in [-0.2, -0.15) is 0 Å². The van der Waals surface area contributed by atoms with Crippen molar-refractivity contribution in [2.75, 3.05) is 6.54 Å². The van der Waals surface area contributed by atoms with Crippen LogP contribution in [0.5, 0.6) is 0 Å². The minimum absolute atomic E-state index is 0.461. The third kappa shape index (κ3) is 2.82. The Balaban J connectivity index is 1.84. The number of benzene rings is 1. The lowest BCUT2D eigenvalue weighted by Crippen LogP contribution is -2.23. The van der Waals surface area contributed by atoms with Gasteiger partial charge >= 0.3 is 0 Å². The van der Waals surface area contributed by atoms with Crippen molar-refractivity contribution in [2.45, 2.75) is 59.5 Å². The Morgan fingerprint density at radius 2 is 2.05 bits per heavy atom. The van der Waals surface area contributed by atoms with Crippen LogP contribution >= 0.6 is 0 Å². The third-order valence-electron chi connectivity index (χ3n) is 4.96. The van der Waals surface area contributed by atoms with Crippen LogP contribution in [0, 0.1) is 20.8 Å². The summed E-state index contributed by atoms with van der Waals surface area (Å²) in [6.45, 7) is 10.8. The van der Waals surface area contributed by atoms with Crippen molar-refractivity contribution < 1.29 is 4.52 Å². The van der Waals surface area contributed by atoms with E-state index in [1.54, 1.807) is 0 Å². The van der Waals surface area contributed by atoms with E-state index >= 15 is 0 Å². The van der Waals surface area contributed by atoms with Crippen molar-refractivity contribution in [3.05, 3.63) is 51.9 Å². The Morgan fingerprint density at radius 1 is 1.23 bits per heavy atom. The highest BCUT2D eigenvalue weighted by atomic mass is 16.5. The first-order chi connectivity index (χ1) is 10.6. The molecule has 1 aliphatic rings. The van der Waals surface area contributed by atoms with Gasteiger partial charge in [-0.15, -0.1) is 0 Å². The zero-order chi connectivity index (χ0) is 15.7. The Hall–Kier alpha value is -1.61. The molecule has 1 aromatic carbocycles. The smallest absolute Gasteiger partial charge is 0.141 e. The van der Waals surface area contributed by atoms with E-state index in [4.69, 9.17) is 4.52 Å². The van der Waals surface area contributed by atoms with Crippen molar-refractivity contribution in [3.8, 4) is 0 Å². The number of likely N-dealkylation sites (tertiary alicyclic amines) is 1. The van der Waals surface area contributed by atoms with Crippen molar-refractivity contribution in [2.24, 2.45) is 0 Å². The molecule has 2 aromatic rings. The zero-order valence-corrected chi connectivity index (χ0v) is 14.1. The Labute approximate surface area is 133 Å². The van der Waals surface area contributed by atoms with Gasteiger partial charge in [0.2, 0.25) is 0 Å². The standard InChI is InChI=1S/C19H26N2O/c1-5-18-19(15(4)20-22-18)17-7-6-10-21(17)12-16-9-8-13(2)14(3)11-16/h8-9,11,17H,5-7,10,12H2,1-4H3. The summed E-state index contributed by atoms with van der Waals surface area (Å²) in [5.74, 6) is 1.06. The SMILES string of the molecule is CCc1onc(C)c1C1CCCN1Cc1ccc(C)c(C)c1. The number of aromatic nitrogens is 1. The van der Waals surface area contributed by atoms with Crippen LogP contribution in [0.4, 0.5) is 0 Å². The molecule has 0 N–H and O–H groups in total. The summed E-state index contributed by atoms with van der Waals surface area (Å²) in [5, 5.41) is 4.20. The molecule has 3 rings (SSSR count). The molecule has 0 amide bonds. The van der Waals surface area contributed by atoms with Crippen molar-refractivity contribution in [1.29, 1.82) is 0 Å². The van der Waals surface area contributed by atoms with E-state index in [9.17, 15) is 0 Å². The molecule has 1 saturated heterocycles. The molecule has 1 fully saturated rings. The van der Waals surface area contributed by atoms with Gasteiger partial charge in [0.25, 0.3) is 0 Å². The maximum absolute atomic E-state index is 5.51. The first-order valence-electron chi connectivity index (χ1n) is 8.35. The number of hydrogen-bond donors (Lipinski definition) is 0. The third-order valence-corrected chi connectivity index (χ3v) is 4.96. The molecule has 3 heteroatoms. The van der Waals surface area contributed by atoms with Crippen LogP contribution < -0.4 is 0 Å². The van der Waals surface area contributed by atoms with Gasteiger partial charge in [0, 0.05) is 24.6 Å². The molecule has 1 aliphatic heterocycles. The molecule has 0 spiro atoms. The normalized spacial score (nSPS) is 19.0. The van der Waals surface area contributed by atoms with Crippen molar-refractivity contribution in [1.82, 2.24) is 10.1 Å². The molecule has 0 saturated carbocycles. The fourth-order valence-electron chi connectivity index (χ4n) is 3.58. The topological polar surface area (TPSA) is 29.3 Å². The number of hydrogen-bond acceptors (Lipinski definition) is 3. The lowest BCUT2D eigenvalue weighted by molar-refractivity contribution is 0.245. The van der Waals surface area contributed by atoms with Crippen molar-refractivity contribution >= 4 is 0 Å². The molecular weight excluding hydrogens is 272 g/mol. The first-order valence-corrected chi connectivity index (χ1v) is 8.35. The van der Waals surface area contributed by atoms with Gasteiger partial charge in [-0.25, -0.2) is 0 Å². The minimum atomic E-state index is 0.461. The van der Waals surface area contributed by atoms with Crippen LogP contribution in [0.2, 0.25) is 0 Å². The molecule has 22 heavy (non-hydrogen) atoms. The quantitative estimate of drug-likeness (QED) is 0.832. The summed E-state index contributed by atoms with van der Waals surface area (Å²) in [6.07, 6.45) is 3.38. The molecule has 1 atom stereocenters. The molecule has 3 nitrogen and oxygen atoms in total. The molecule has 2 heterocycles. The Bertz CT molecular complexity index is 659. The summed E-state index contributed by atoms with van der Waals surface area (Å²) < 4.78 is 5.51. The van der Waals surface area contributed by atoms with E-state index < -0.39 is 0 Å². The molecule has 0 aliphatic carbocycles. The van der Waals surface area contributed by atoms with Crippen molar-refractivity contribution in [3.63, 3.8) is 0 Å². The Morgan fingerprint density at radius 3 is 2.77 bits per heavy atom. The van der Waals surface area contributed by atoms with Gasteiger partial charge in [0.1, 0.15) is 5.76 Å². The van der Waals surface area contributed by atoms with E-state index in [2.05, 4.69) is 56.0 Å². The predicted molar refractivity (Wildman–Crippen MR) is 88.9 cm³/mol. The van der Waals surface area contributed by atoms with E-state index in [1.807, 2.05) is 0 Å². The van der Waals surface area contributed by atoms with Gasteiger partial charge < -0.3 is 4.52 Å². The fourth-order valence-corrected chi connectivity index (χ4v) is 3.58. The highest BCUT2D eigenvalue weighted by Crippen LogP contribution is 2.37. The first kappa shape index (κ1) is 15.3. The van der Waals surface area contributed by atoms with E-state index in [1.165, 1.54) is 35.1 Å². The lowest BCUT2D eigenvalue weighted by Gasteiger charge is -2.25. The van der Waals surface area contributed by atoms with E-state index in [0.717, 1.165) is 31.0 Å². The molecular formula is C19H26N2O. The van der Waals surface area contributed by atoms with Crippen LogP contribution in [0.1, 0.15) is 59.5 Å². The van der Waals surface area contributed by atoms with Crippen LogP contribution in [-0.4, -0.2) is 16.6 Å². The summed E-state index contributed by atoms with van der Waals surface area (Å²) in [4.78, 5) is 2.59. The van der Waals surface area contributed by atoms with E-state index in [-0.39, 0.29) is 0 Å². The second-order valence-corrected chi connectivity index (χ2v) is 6.51. The minimum Gasteiger partial charge on any atom is -0.361 e. The average Bonchev–Trinajstić information content (AvgIpc) is 3.09. The maximum Gasteiger partial charge on any atom is 0.141 e. The number of nitrogens with zero attached hydrogens (tertiary/aromatic N) is 2. The number of rotatable bonds is 4.